The molecule has 4 aromatic rings. The summed E-state index contributed by atoms with van der Waals surface area (Å²) in [4.78, 5) is 152. The maximum atomic E-state index is 14.8. The highest BCUT2D eigenvalue weighted by Gasteiger charge is 2.40. The van der Waals surface area contributed by atoms with Gasteiger partial charge in [0, 0.05) is 74.5 Å². The molecule has 16 N–H and O–H groups in total. The van der Waals surface area contributed by atoms with Crippen LogP contribution in [0.3, 0.4) is 0 Å². The number of rotatable bonds is 33. The SMILES string of the molecule is CCNC(=O)[C@@H]1CCCN1C(=O)[C@H](CCCNC(=N)N)NC(=O)[C@H](CC(C)C)NC(=O)[C@@H](COC(C)(C)C)NC(=O)[C@@H](CC(=O)[C@H](CO)NC(=O)[C@H](Cc1c[nH]c2ccccc12)NC(=O)[C@H](Cc1c[nH]cn1)NC(=O)[C@H]1CCC(=O)N1)Cc1ccc(O)cc1. The van der Waals surface area contributed by atoms with Gasteiger partial charge in [0.1, 0.15) is 54.1 Å². The molecule has 9 amide bonds. The Morgan fingerprint density at radius 3 is 2.08 bits per heavy atom. The summed E-state index contributed by atoms with van der Waals surface area (Å²) in [6.45, 7) is 9.99. The quantitative estimate of drug-likeness (QED) is 0.0164. The zero-order valence-electron chi connectivity index (χ0n) is 51.3. The van der Waals surface area contributed by atoms with Crippen LogP contribution >= 0.6 is 0 Å². The molecule has 0 radical (unpaired) electrons. The lowest BCUT2D eigenvalue weighted by molar-refractivity contribution is -0.142. The van der Waals surface area contributed by atoms with Crippen molar-refractivity contribution in [1.82, 2.24) is 67.7 Å². The van der Waals surface area contributed by atoms with Gasteiger partial charge in [-0.2, -0.15) is 0 Å². The molecule has 89 heavy (non-hydrogen) atoms. The van der Waals surface area contributed by atoms with E-state index in [0.29, 0.717) is 41.6 Å². The van der Waals surface area contributed by atoms with Crippen LogP contribution in [0.4, 0.5) is 0 Å². The number of nitrogens with one attached hydrogen (secondary N) is 12. The summed E-state index contributed by atoms with van der Waals surface area (Å²) in [5.74, 6) is -8.69. The van der Waals surface area contributed by atoms with E-state index in [4.69, 9.17) is 15.9 Å². The number of imidazole rings is 1. The highest BCUT2D eigenvalue weighted by Crippen LogP contribution is 2.23. The van der Waals surface area contributed by atoms with Crippen molar-refractivity contribution >= 4 is 75.8 Å². The van der Waals surface area contributed by atoms with Crippen LogP contribution in [-0.2, 0) is 71.9 Å². The minimum Gasteiger partial charge on any atom is -0.508 e. The van der Waals surface area contributed by atoms with E-state index in [-0.39, 0.29) is 93.9 Å². The third-order valence-corrected chi connectivity index (χ3v) is 15.2. The number of fused-ring (bicyclic) bond motifs is 1. The molecule has 2 aliphatic heterocycles. The number of benzene rings is 2. The Labute approximate surface area is 516 Å². The highest BCUT2D eigenvalue weighted by molar-refractivity contribution is 5.99. The fourth-order valence-electron chi connectivity index (χ4n) is 10.6. The number of Topliss-reactive ketones (excluding diaryl/α,β-unsaturated/α-hetero) is 1. The minimum absolute atomic E-state index is 0.0680. The predicted octanol–water partition coefficient (Wildman–Crippen LogP) is -0.369. The van der Waals surface area contributed by atoms with Crippen LogP contribution in [0, 0.1) is 17.2 Å². The molecule has 9 atom stereocenters. The average molecular weight is 1240 g/mol. The molecule has 0 saturated carbocycles. The maximum Gasteiger partial charge on any atom is 0.245 e. The number of likely N-dealkylation sites (tertiary alicyclic amines) is 1. The second kappa shape index (κ2) is 32.9. The Balaban J connectivity index is 1.24. The Morgan fingerprint density at radius 1 is 0.787 bits per heavy atom. The van der Waals surface area contributed by atoms with E-state index in [0.717, 1.165) is 5.52 Å². The van der Waals surface area contributed by atoms with Gasteiger partial charge < -0.3 is 83.4 Å². The van der Waals surface area contributed by atoms with Crippen molar-refractivity contribution in [1.29, 1.82) is 5.41 Å². The fourth-order valence-corrected chi connectivity index (χ4v) is 10.6. The molecule has 28 nitrogen and oxygen atoms in total. The molecule has 2 saturated heterocycles. The number of aromatic hydroxyl groups is 1. The lowest BCUT2D eigenvalue weighted by Gasteiger charge is -2.31. The molecule has 2 fully saturated rings. The second-order valence-corrected chi connectivity index (χ2v) is 23.9. The van der Waals surface area contributed by atoms with E-state index < -0.39 is 127 Å². The Bertz CT molecular complexity index is 3110. The van der Waals surface area contributed by atoms with E-state index in [9.17, 15) is 58.2 Å². The molecule has 2 aromatic carbocycles. The molecule has 2 aromatic heterocycles. The second-order valence-electron chi connectivity index (χ2n) is 23.9. The normalized spacial score (nSPS) is 17.2. The summed E-state index contributed by atoms with van der Waals surface area (Å²) in [6, 6.07) is 2.96. The molecule has 6 rings (SSSR count). The number of hydrogen-bond acceptors (Lipinski definition) is 15. The Hall–Kier alpha value is -8.92. The van der Waals surface area contributed by atoms with Crippen LogP contribution in [-0.4, -0.2) is 182 Å². The predicted molar refractivity (Wildman–Crippen MR) is 327 cm³/mol. The number of amides is 9. The van der Waals surface area contributed by atoms with Crippen molar-refractivity contribution in [2.24, 2.45) is 17.6 Å². The van der Waals surface area contributed by atoms with Gasteiger partial charge in [0.25, 0.3) is 0 Å². The lowest BCUT2D eigenvalue weighted by Crippen LogP contribution is -2.59. The van der Waals surface area contributed by atoms with Crippen molar-refractivity contribution in [3.8, 4) is 5.75 Å². The van der Waals surface area contributed by atoms with E-state index in [1.54, 1.807) is 46.0 Å². The van der Waals surface area contributed by atoms with Gasteiger partial charge in [0.2, 0.25) is 53.2 Å². The number of aromatic amines is 2. The summed E-state index contributed by atoms with van der Waals surface area (Å²) in [6.07, 6.45) is 5.18. The molecule has 0 aliphatic carbocycles. The van der Waals surface area contributed by atoms with Gasteiger partial charge in [-0.1, -0.05) is 44.2 Å². The van der Waals surface area contributed by atoms with Crippen molar-refractivity contribution in [3.63, 3.8) is 0 Å². The van der Waals surface area contributed by atoms with E-state index in [1.807, 2.05) is 26.0 Å². The van der Waals surface area contributed by atoms with Crippen LogP contribution in [0.2, 0.25) is 0 Å². The number of carbonyl (C=O) groups excluding carboxylic acids is 10. The number of para-hydroxylation sites is 1. The molecule has 0 spiro atoms. The lowest BCUT2D eigenvalue weighted by atomic mass is 9.91. The first kappa shape index (κ1) is 69.2. The smallest absolute Gasteiger partial charge is 0.245 e. The van der Waals surface area contributed by atoms with Crippen molar-refractivity contribution in [2.45, 2.75) is 166 Å². The number of aromatic nitrogens is 3. The first-order valence-corrected chi connectivity index (χ1v) is 30.2. The number of phenols is 1. The standard InChI is InChI=1S/C61H87N15O13/c1-7-65-58(87)49-15-11-23-76(49)59(88)43(14-10-22-66-60(62)63)70-54(83)44(24-34(2)3)71-57(86)48(32-89-61(4,5)6)75-52(81)36(25-35-16-18-39(78)19-17-35)27-50(79)47(31-77)74-55(84)45(26-37-29-67-41-13-9-8-12-40(37)41)72-56(85)46(28-38-30-64-33-68-38)73-53(82)42-20-21-51(80)69-42/h8-9,12-13,16-19,29-30,33-34,36,42-49,67,77-78H,7,10-11,14-15,20-28,31-32H2,1-6H3,(H,64,68)(H,65,87)(H,69,80)(H,70,83)(H,71,86)(H,72,85)(H,73,82)(H,74,84)(H,75,81)(H4,62,63,66)/t36-,42-,43+,44+,45+,46+,47+,48-,49+/m1/s1. The Kier molecular flexibility index (Phi) is 25.6. The number of guanidine groups is 1. The van der Waals surface area contributed by atoms with Gasteiger partial charge >= 0.3 is 0 Å². The average Bonchev–Trinajstić information content (AvgIpc) is 3.70. The van der Waals surface area contributed by atoms with Crippen LogP contribution in [0.1, 0.15) is 110 Å². The molecule has 484 valence electrons. The molecular weight excluding hydrogens is 1150 g/mol. The van der Waals surface area contributed by atoms with Crippen molar-refractivity contribution in [3.05, 3.63) is 84.1 Å². The monoisotopic (exact) mass is 1240 g/mol. The molecular formula is C61H87N15O13. The van der Waals surface area contributed by atoms with Gasteiger partial charge in [0.15, 0.2) is 11.7 Å². The number of ether oxygens (including phenoxy) is 1. The first-order chi connectivity index (χ1) is 42.3. The van der Waals surface area contributed by atoms with Crippen LogP contribution in [0.15, 0.2) is 67.3 Å². The Morgan fingerprint density at radius 2 is 1.44 bits per heavy atom. The number of aliphatic hydroxyl groups excluding tert-OH is 1. The van der Waals surface area contributed by atoms with E-state index in [2.05, 4.69) is 62.8 Å². The van der Waals surface area contributed by atoms with E-state index in [1.165, 1.54) is 41.7 Å². The highest BCUT2D eigenvalue weighted by atomic mass is 16.5. The van der Waals surface area contributed by atoms with Gasteiger partial charge in [0.05, 0.1) is 30.8 Å². The van der Waals surface area contributed by atoms with Crippen LogP contribution in [0.5, 0.6) is 5.75 Å². The zero-order chi connectivity index (χ0) is 65.0. The summed E-state index contributed by atoms with van der Waals surface area (Å²) in [7, 11) is 0. The van der Waals surface area contributed by atoms with Gasteiger partial charge in [-0.3, -0.25) is 53.4 Å². The summed E-state index contributed by atoms with van der Waals surface area (Å²) in [5, 5.41) is 53.6. The van der Waals surface area contributed by atoms with Gasteiger partial charge in [-0.25, -0.2) is 4.98 Å². The summed E-state index contributed by atoms with van der Waals surface area (Å²) in [5.41, 5.74) is 6.80. The van der Waals surface area contributed by atoms with Crippen LogP contribution in [0.25, 0.3) is 10.9 Å². The topological polar surface area (TPSA) is 426 Å². The molecule has 2 aliphatic rings. The molecule has 4 heterocycles. The van der Waals surface area contributed by atoms with Crippen molar-refractivity contribution in [2.75, 3.05) is 32.8 Å². The van der Waals surface area contributed by atoms with Gasteiger partial charge in [-0.05, 0) is 108 Å². The minimum atomic E-state index is -1.67. The maximum absolute atomic E-state index is 14.8. The molecule has 28 heteroatoms. The number of hydrogen-bond donors (Lipinski definition) is 15. The fraction of sp³-hybridized carbons (Fsp3) is 0.541. The number of ketones is 1. The van der Waals surface area contributed by atoms with E-state index >= 15 is 0 Å². The zero-order valence-corrected chi connectivity index (χ0v) is 51.3. The third kappa shape index (κ3) is 21.1. The number of aliphatic hydroxyl groups is 1. The van der Waals surface area contributed by atoms with Crippen LogP contribution < -0.4 is 53.6 Å². The number of phenolic OH excluding ortho intramolecular Hbond substituents is 1. The largest absolute Gasteiger partial charge is 0.508 e. The third-order valence-electron chi connectivity index (χ3n) is 15.2. The number of H-pyrrole nitrogens is 2. The van der Waals surface area contributed by atoms with Crippen molar-refractivity contribution < 1.29 is 62.9 Å². The number of nitrogens with zero attached hydrogens (tertiary/aromatic N) is 2. The number of nitrogens with two attached hydrogens (primary N) is 1. The molecule has 0 bridgehead atoms. The number of likely N-dealkylation sites (N-methyl/N-ethyl adjacent to an activating group) is 1. The summed E-state index contributed by atoms with van der Waals surface area (Å²) < 4.78 is 6.06. The molecule has 0 unspecified atom stereocenters. The summed E-state index contributed by atoms with van der Waals surface area (Å²) >= 11 is 0. The number of carbonyl (C=O) groups is 10. The first-order valence-electron chi connectivity index (χ1n) is 30.2. The van der Waals surface area contributed by atoms with Gasteiger partial charge in [-0.15, -0.1) is 0 Å².